The Morgan fingerprint density at radius 3 is 2.27 bits per heavy atom. The largest absolute Gasteiger partial charge is 0.386 e. The first kappa shape index (κ1) is 7.92. The van der Waals surface area contributed by atoms with Gasteiger partial charge in [0.2, 0.25) is 0 Å². The maximum absolute atomic E-state index is 3.15. The Labute approximate surface area is 67.6 Å². The number of benzene rings is 1. The topological polar surface area (TPSA) is 24.1 Å². The Morgan fingerprint density at radius 2 is 1.82 bits per heavy atom. The number of anilines is 2. The summed E-state index contributed by atoms with van der Waals surface area (Å²) in [6.07, 6.45) is 0. The highest BCUT2D eigenvalue weighted by molar-refractivity contribution is 5.71. The molecule has 0 aliphatic rings. The molecule has 0 saturated carbocycles. The average molecular weight is 150 g/mol. The first-order chi connectivity index (χ1) is 5.29. The van der Waals surface area contributed by atoms with Crippen molar-refractivity contribution in [3.05, 3.63) is 23.8 Å². The SMILES string of the molecule is CNc1cccc(C)c1NC. The Morgan fingerprint density at radius 1 is 1.09 bits per heavy atom. The Hall–Kier alpha value is -1.18. The molecule has 0 fully saturated rings. The van der Waals surface area contributed by atoms with Crippen LogP contribution in [0.1, 0.15) is 5.56 Å². The van der Waals surface area contributed by atoms with E-state index < -0.39 is 0 Å². The van der Waals surface area contributed by atoms with Crippen LogP contribution in [0.5, 0.6) is 0 Å². The van der Waals surface area contributed by atoms with Gasteiger partial charge in [-0.1, -0.05) is 12.1 Å². The fourth-order valence-corrected chi connectivity index (χ4v) is 1.21. The highest BCUT2D eigenvalue weighted by Crippen LogP contribution is 2.23. The van der Waals surface area contributed by atoms with E-state index in [1.54, 1.807) is 0 Å². The molecule has 60 valence electrons. The molecule has 0 heterocycles. The van der Waals surface area contributed by atoms with Crippen LogP contribution in [0.15, 0.2) is 18.2 Å². The standard InChI is InChI=1S/C9H14N2/c1-7-5-4-6-8(10-2)9(7)11-3/h4-6,10-11H,1-3H3. The molecular formula is C9H14N2. The molecule has 2 nitrogen and oxygen atoms in total. The van der Waals surface area contributed by atoms with Crippen molar-refractivity contribution in [3.63, 3.8) is 0 Å². The third-order valence-electron chi connectivity index (χ3n) is 1.79. The maximum Gasteiger partial charge on any atom is 0.0602 e. The van der Waals surface area contributed by atoms with E-state index in [1.165, 1.54) is 11.3 Å². The van der Waals surface area contributed by atoms with Gasteiger partial charge in [-0.3, -0.25) is 0 Å². The number of rotatable bonds is 2. The maximum atomic E-state index is 3.15. The summed E-state index contributed by atoms with van der Waals surface area (Å²) < 4.78 is 0. The van der Waals surface area contributed by atoms with Crippen LogP contribution in [-0.2, 0) is 0 Å². The second-order valence-electron chi connectivity index (χ2n) is 2.50. The van der Waals surface area contributed by atoms with Crippen molar-refractivity contribution >= 4 is 11.4 Å². The zero-order chi connectivity index (χ0) is 8.27. The van der Waals surface area contributed by atoms with Crippen molar-refractivity contribution in [3.8, 4) is 0 Å². The van der Waals surface area contributed by atoms with Crippen LogP contribution >= 0.6 is 0 Å². The molecule has 0 amide bonds. The van der Waals surface area contributed by atoms with Crippen LogP contribution < -0.4 is 10.6 Å². The highest BCUT2D eigenvalue weighted by atomic mass is 14.9. The molecule has 0 atom stereocenters. The van der Waals surface area contributed by atoms with Gasteiger partial charge in [-0.25, -0.2) is 0 Å². The second kappa shape index (κ2) is 3.28. The number of nitrogens with one attached hydrogen (secondary N) is 2. The normalized spacial score (nSPS) is 9.36. The van der Waals surface area contributed by atoms with E-state index in [0.29, 0.717) is 0 Å². The fraction of sp³-hybridized carbons (Fsp3) is 0.333. The molecule has 0 aliphatic heterocycles. The molecule has 2 heteroatoms. The summed E-state index contributed by atoms with van der Waals surface area (Å²) in [6, 6.07) is 6.19. The van der Waals surface area contributed by atoms with Crippen molar-refractivity contribution in [1.82, 2.24) is 0 Å². The minimum atomic E-state index is 1.15. The van der Waals surface area contributed by atoms with E-state index in [1.807, 2.05) is 20.2 Å². The summed E-state index contributed by atoms with van der Waals surface area (Å²) in [4.78, 5) is 0. The quantitative estimate of drug-likeness (QED) is 0.674. The van der Waals surface area contributed by atoms with Gasteiger partial charge in [0.1, 0.15) is 0 Å². The zero-order valence-electron chi connectivity index (χ0n) is 7.23. The number of aryl methyl sites for hydroxylation is 1. The monoisotopic (exact) mass is 150 g/mol. The van der Waals surface area contributed by atoms with Gasteiger partial charge in [0, 0.05) is 14.1 Å². The molecule has 0 aliphatic carbocycles. The van der Waals surface area contributed by atoms with E-state index in [9.17, 15) is 0 Å². The predicted octanol–water partition coefficient (Wildman–Crippen LogP) is 2.08. The van der Waals surface area contributed by atoms with Crippen molar-refractivity contribution in [1.29, 1.82) is 0 Å². The van der Waals surface area contributed by atoms with E-state index in [4.69, 9.17) is 0 Å². The van der Waals surface area contributed by atoms with Crippen molar-refractivity contribution in [2.45, 2.75) is 6.92 Å². The minimum absolute atomic E-state index is 1.15. The molecule has 0 aromatic heterocycles. The van der Waals surface area contributed by atoms with E-state index in [0.717, 1.165) is 5.69 Å². The number of hydrogen-bond acceptors (Lipinski definition) is 2. The lowest BCUT2D eigenvalue weighted by molar-refractivity contribution is 1.38. The lowest BCUT2D eigenvalue weighted by Gasteiger charge is -2.10. The van der Waals surface area contributed by atoms with Gasteiger partial charge < -0.3 is 10.6 Å². The van der Waals surface area contributed by atoms with Gasteiger partial charge in [0.05, 0.1) is 11.4 Å². The summed E-state index contributed by atoms with van der Waals surface area (Å²) in [5.74, 6) is 0. The van der Waals surface area contributed by atoms with Crippen LogP contribution in [0.4, 0.5) is 11.4 Å². The third kappa shape index (κ3) is 1.45. The lowest BCUT2D eigenvalue weighted by Crippen LogP contribution is -1.98. The molecule has 0 saturated heterocycles. The van der Waals surface area contributed by atoms with Crippen molar-refractivity contribution < 1.29 is 0 Å². The average Bonchev–Trinajstić information content (AvgIpc) is 2.04. The van der Waals surface area contributed by atoms with Crippen LogP contribution in [0.2, 0.25) is 0 Å². The summed E-state index contributed by atoms with van der Waals surface area (Å²) in [5, 5.41) is 6.28. The van der Waals surface area contributed by atoms with E-state index in [2.05, 4.69) is 29.7 Å². The van der Waals surface area contributed by atoms with Crippen molar-refractivity contribution in [2.75, 3.05) is 24.7 Å². The molecule has 1 rings (SSSR count). The summed E-state index contributed by atoms with van der Waals surface area (Å²) in [6.45, 7) is 2.09. The molecule has 0 unspecified atom stereocenters. The number of hydrogen-bond donors (Lipinski definition) is 2. The van der Waals surface area contributed by atoms with Crippen LogP contribution in [0, 0.1) is 6.92 Å². The molecular weight excluding hydrogens is 136 g/mol. The van der Waals surface area contributed by atoms with E-state index >= 15 is 0 Å². The minimum Gasteiger partial charge on any atom is -0.386 e. The van der Waals surface area contributed by atoms with Crippen molar-refractivity contribution in [2.24, 2.45) is 0 Å². The fourth-order valence-electron chi connectivity index (χ4n) is 1.21. The summed E-state index contributed by atoms with van der Waals surface area (Å²) in [5.41, 5.74) is 3.59. The van der Waals surface area contributed by atoms with Crippen LogP contribution in [0.25, 0.3) is 0 Å². The second-order valence-corrected chi connectivity index (χ2v) is 2.50. The molecule has 2 N–H and O–H groups in total. The van der Waals surface area contributed by atoms with Gasteiger partial charge in [0.25, 0.3) is 0 Å². The van der Waals surface area contributed by atoms with Crippen LogP contribution in [-0.4, -0.2) is 14.1 Å². The zero-order valence-corrected chi connectivity index (χ0v) is 7.23. The summed E-state index contributed by atoms with van der Waals surface area (Å²) in [7, 11) is 3.86. The van der Waals surface area contributed by atoms with Crippen LogP contribution in [0.3, 0.4) is 0 Å². The first-order valence-corrected chi connectivity index (χ1v) is 3.74. The Balaban J connectivity index is 3.13. The van der Waals surface area contributed by atoms with Gasteiger partial charge in [0.15, 0.2) is 0 Å². The third-order valence-corrected chi connectivity index (χ3v) is 1.79. The van der Waals surface area contributed by atoms with Gasteiger partial charge >= 0.3 is 0 Å². The molecule has 0 spiro atoms. The lowest BCUT2D eigenvalue weighted by atomic mass is 10.1. The first-order valence-electron chi connectivity index (χ1n) is 3.74. The van der Waals surface area contributed by atoms with E-state index in [-0.39, 0.29) is 0 Å². The molecule has 1 aromatic rings. The molecule has 1 aromatic carbocycles. The smallest absolute Gasteiger partial charge is 0.0602 e. The Kier molecular flexibility index (Phi) is 2.36. The molecule has 11 heavy (non-hydrogen) atoms. The predicted molar refractivity (Wildman–Crippen MR) is 50.3 cm³/mol. The van der Waals surface area contributed by atoms with Gasteiger partial charge in [-0.2, -0.15) is 0 Å². The van der Waals surface area contributed by atoms with Gasteiger partial charge in [-0.05, 0) is 18.6 Å². The van der Waals surface area contributed by atoms with Gasteiger partial charge in [-0.15, -0.1) is 0 Å². The number of para-hydroxylation sites is 1. The molecule has 0 radical (unpaired) electrons. The Bertz CT molecular complexity index is 243. The highest BCUT2D eigenvalue weighted by Gasteiger charge is 1.99. The molecule has 0 bridgehead atoms. The summed E-state index contributed by atoms with van der Waals surface area (Å²) >= 11 is 0.